The van der Waals surface area contributed by atoms with E-state index in [1.54, 1.807) is 0 Å². The molecular formula is C11H19NO2. The van der Waals surface area contributed by atoms with Gasteiger partial charge in [0.05, 0.1) is 0 Å². The lowest BCUT2D eigenvalue weighted by Gasteiger charge is -2.40. The maximum atomic E-state index is 11.4. The molecule has 0 bridgehead atoms. The normalized spacial score (nSPS) is 28.4. The lowest BCUT2D eigenvalue weighted by molar-refractivity contribution is -0.153. The third kappa shape index (κ3) is 1.54. The Morgan fingerprint density at radius 2 is 1.86 bits per heavy atom. The van der Waals surface area contributed by atoms with E-state index in [4.69, 9.17) is 0 Å². The summed E-state index contributed by atoms with van der Waals surface area (Å²) in [7, 11) is 0. The number of likely N-dealkylation sites (tertiary alicyclic amines) is 1. The summed E-state index contributed by atoms with van der Waals surface area (Å²) in [5.41, 5.74) is -0.569. The summed E-state index contributed by atoms with van der Waals surface area (Å²) in [5.74, 6) is -0.222. The second kappa shape index (κ2) is 3.54. The fourth-order valence-corrected chi connectivity index (χ4v) is 2.57. The van der Waals surface area contributed by atoms with Gasteiger partial charge < -0.3 is 5.11 Å². The molecule has 1 saturated heterocycles. The standard InChI is InChI=1S/C11H19NO2/c1-11(10(13)14,9-5-6-9)12-7-3-2-4-8-12/h9H,2-8H2,1H3,(H,13,14). The molecule has 0 aromatic carbocycles. The van der Waals surface area contributed by atoms with E-state index >= 15 is 0 Å². The first-order valence-corrected chi connectivity index (χ1v) is 5.64. The van der Waals surface area contributed by atoms with Crippen molar-refractivity contribution < 1.29 is 9.90 Å². The molecule has 3 heteroatoms. The molecule has 2 rings (SSSR count). The molecule has 80 valence electrons. The van der Waals surface area contributed by atoms with Crippen LogP contribution in [-0.2, 0) is 4.79 Å². The van der Waals surface area contributed by atoms with E-state index < -0.39 is 11.5 Å². The number of aliphatic carboxylic acids is 1. The molecular weight excluding hydrogens is 178 g/mol. The van der Waals surface area contributed by atoms with Crippen molar-refractivity contribution in [2.45, 2.75) is 44.6 Å². The smallest absolute Gasteiger partial charge is 0.324 e. The zero-order valence-electron chi connectivity index (χ0n) is 8.83. The van der Waals surface area contributed by atoms with Gasteiger partial charge in [0, 0.05) is 0 Å². The van der Waals surface area contributed by atoms with Crippen LogP contribution in [0.15, 0.2) is 0 Å². The van der Waals surface area contributed by atoms with Crippen molar-refractivity contribution in [1.29, 1.82) is 0 Å². The molecule has 0 aromatic rings. The fourth-order valence-electron chi connectivity index (χ4n) is 2.57. The van der Waals surface area contributed by atoms with Crippen molar-refractivity contribution in [3.05, 3.63) is 0 Å². The van der Waals surface area contributed by atoms with Gasteiger partial charge in [-0.25, -0.2) is 0 Å². The highest BCUT2D eigenvalue weighted by Gasteiger charge is 2.51. The molecule has 0 spiro atoms. The molecule has 1 N–H and O–H groups in total. The second-order valence-corrected chi connectivity index (χ2v) is 4.77. The SMILES string of the molecule is CC(C(=O)O)(C1CC1)N1CCCCC1. The van der Waals surface area contributed by atoms with Crippen LogP contribution < -0.4 is 0 Å². The summed E-state index contributed by atoms with van der Waals surface area (Å²) < 4.78 is 0. The van der Waals surface area contributed by atoms with Crippen LogP contribution in [0.2, 0.25) is 0 Å². The zero-order chi connectivity index (χ0) is 10.2. The highest BCUT2D eigenvalue weighted by Crippen LogP contribution is 2.44. The van der Waals surface area contributed by atoms with Gasteiger partial charge in [0.15, 0.2) is 0 Å². The number of hydrogen-bond acceptors (Lipinski definition) is 2. The molecule has 2 aliphatic rings. The van der Waals surface area contributed by atoms with Crippen LogP contribution in [0.5, 0.6) is 0 Å². The largest absolute Gasteiger partial charge is 0.480 e. The highest BCUT2D eigenvalue weighted by atomic mass is 16.4. The Balaban J connectivity index is 2.12. The van der Waals surface area contributed by atoms with Crippen LogP contribution in [0.3, 0.4) is 0 Å². The van der Waals surface area contributed by atoms with E-state index in [9.17, 15) is 9.90 Å². The molecule has 3 nitrogen and oxygen atoms in total. The quantitative estimate of drug-likeness (QED) is 0.749. The third-order valence-corrected chi connectivity index (χ3v) is 3.82. The van der Waals surface area contributed by atoms with Gasteiger partial charge in [-0.15, -0.1) is 0 Å². The first-order chi connectivity index (χ1) is 6.65. The minimum absolute atomic E-state index is 0.401. The van der Waals surface area contributed by atoms with Gasteiger partial charge in [-0.2, -0.15) is 0 Å². The summed E-state index contributed by atoms with van der Waals surface area (Å²) >= 11 is 0. The summed E-state index contributed by atoms with van der Waals surface area (Å²) in [6.07, 6.45) is 5.78. The van der Waals surface area contributed by atoms with Gasteiger partial charge in [-0.05, 0) is 51.6 Å². The molecule has 0 radical (unpaired) electrons. The Hall–Kier alpha value is -0.570. The Bertz CT molecular complexity index is 231. The Kier molecular flexibility index (Phi) is 2.52. The topological polar surface area (TPSA) is 40.5 Å². The van der Waals surface area contributed by atoms with E-state index in [0.29, 0.717) is 5.92 Å². The Morgan fingerprint density at radius 1 is 1.29 bits per heavy atom. The Labute approximate surface area is 85.1 Å². The summed E-state index contributed by atoms with van der Waals surface area (Å²) in [5, 5.41) is 9.35. The predicted molar refractivity (Wildman–Crippen MR) is 54.2 cm³/mol. The molecule has 1 saturated carbocycles. The number of rotatable bonds is 3. The molecule has 1 heterocycles. The summed E-state index contributed by atoms with van der Waals surface area (Å²) in [6.45, 7) is 3.86. The number of carboxylic acids is 1. The zero-order valence-corrected chi connectivity index (χ0v) is 8.83. The lowest BCUT2D eigenvalue weighted by atomic mass is 9.91. The molecule has 1 aliphatic carbocycles. The van der Waals surface area contributed by atoms with Crippen molar-refractivity contribution >= 4 is 5.97 Å². The van der Waals surface area contributed by atoms with Gasteiger partial charge in [0.25, 0.3) is 0 Å². The molecule has 2 fully saturated rings. The van der Waals surface area contributed by atoms with Crippen molar-refractivity contribution in [1.82, 2.24) is 4.90 Å². The van der Waals surface area contributed by atoms with Gasteiger partial charge >= 0.3 is 5.97 Å². The number of piperidine rings is 1. The van der Waals surface area contributed by atoms with Gasteiger partial charge in [-0.1, -0.05) is 6.42 Å². The summed E-state index contributed by atoms with van der Waals surface area (Å²) in [4.78, 5) is 13.6. The van der Waals surface area contributed by atoms with E-state index in [2.05, 4.69) is 4.90 Å². The molecule has 1 unspecified atom stereocenters. The van der Waals surface area contributed by atoms with Gasteiger partial charge in [0.1, 0.15) is 5.54 Å². The Morgan fingerprint density at radius 3 is 2.29 bits per heavy atom. The predicted octanol–water partition coefficient (Wildman–Crippen LogP) is 1.73. The van der Waals surface area contributed by atoms with Crippen LogP contribution in [0.25, 0.3) is 0 Å². The third-order valence-electron chi connectivity index (χ3n) is 3.82. The number of carbonyl (C=O) groups is 1. The first kappa shape index (κ1) is 9.97. The molecule has 0 aromatic heterocycles. The average Bonchev–Trinajstić information content (AvgIpc) is 3.01. The molecule has 1 atom stereocenters. The monoisotopic (exact) mass is 197 g/mol. The number of nitrogens with zero attached hydrogens (tertiary/aromatic N) is 1. The van der Waals surface area contributed by atoms with E-state index in [1.807, 2.05) is 6.92 Å². The van der Waals surface area contributed by atoms with Crippen molar-refractivity contribution in [2.75, 3.05) is 13.1 Å². The van der Waals surface area contributed by atoms with Crippen LogP contribution in [0.1, 0.15) is 39.0 Å². The van der Waals surface area contributed by atoms with Crippen LogP contribution in [0, 0.1) is 5.92 Å². The minimum atomic E-state index is -0.623. The van der Waals surface area contributed by atoms with Gasteiger partial charge in [0.2, 0.25) is 0 Å². The van der Waals surface area contributed by atoms with Crippen molar-refractivity contribution in [3.63, 3.8) is 0 Å². The molecule has 0 amide bonds. The van der Waals surface area contributed by atoms with Crippen LogP contribution >= 0.6 is 0 Å². The first-order valence-electron chi connectivity index (χ1n) is 5.64. The van der Waals surface area contributed by atoms with E-state index in [1.165, 1.54) is 6.42 Å². The van der Waals surface area contributed by atoms with Crippen molar-refractivity contribution in [3.8, 4) is 0 Å². The second-order valence-electron chi connectivity index (χ2n) is 4.77. The maximum absolute atomic E-state index is 11.4. The minimum Gasteiger partial charge on any atom is -0.480 e. The van der Waals surface area contributed by atoms with E-state index in [0.717, 1.165) is 38.8 Å². The molecule has 14 heavy (non-hydrogen) atoms. The average molecular weight is 197 g/mol. The number of carboxylic acid groups (broad SMARTS) is 1. The van der Waals surface area contributed by atoms with Crippen LogP contribution in [-0.4, -0.2) is 34.6 Å². The maximum Gasteiger partial charge on any atom is 0.324 e. The van der Waals surface area contributed by atoms with Gasteiger partial charge in [-0.3, -0.25) is 9.69 Å². The fraction of sp³-hybridized carbons (Fsp3) is 0.909. The highest BCUT2D eigenvalue weighted by molar-refractivity contribution is 5.79. The summed E-state index contributed by atoms with van der Waals surface area (Å²) in [6, 6.07) is 0. The van der Waals surface area contributed by atoms with Crippen molar-refractivity contribution in [2.24, 2.45) is 5.92 Å². The molecule has 1 aliphatic heterocycles. The number of hydrogen-bond donors (Lipinski definition) is 1. The van der Waals surface area contributed by atoms with E-state index in [-0.39, 0.29) is 0 Å². The van der Waals surface area contributed by atoms with Crippen LogP contribution in [0.4, 0.5) is 0 Å². The lowest BCUT2D eigenvalue weighted by Crippen LogP contribution is -2.55.